The number of H-pyrrole nitrogens is 1. The molecule has 3 aromatic rings. The molecule has 136 valence electrons. The van der Waals surface area contributed by atoms with E-state index < -0.39 is 0 Å². The van der Waals surface area contributed by atoms with Gasteiger partial charge < -0.3 is 15.2 Å². The van der Waals surface area contributed by atoms with Crippen molar-refractivity contribution in [3.05, 3.63) is 60.0 Å². The van der Waals surface area contributed by atoms with E-state index in [0.717, 1.165) is 37.0 Å². The van der Waals surface area contributed by atoms with E-state index in [-0.39, 0.29) is 5.91 Å². The summed E-state index contributed by atoms with van der Waals surface area (Å²) in [6.45, 7) is 3.73. The van der Waals surface area contributed by atoms with Crippen LogP contribution in [0.5, 0.6) is 0 Å². The van der Waals surface area contributed by atoms with Gasteiger partial charge in [0.25, 0.3) is 5.91 Å². The maximum absolute atomic E-state index is 12.4. The third-order valence-electron chi connectivity index (χ3n) is 4.63. The molecule has 5 heteroatoms. The van der Waals surface area contributed by atoms with Gasteiger partial charge in [0.1, 0.15) is 0 Å². The Morgan fingerprint density at radius 2 is 2.12 bits per heavy atom. The second-order valence-corrected chi connectivity index (χ2v) is 6.57. The first-order valence-electron chi connectivity index (χ1n) is 9.18. The second-order valence-electron chi connectivity index (χ2n) is 6.57. The van der Waals surface area contributed by atoms with Crippen LogP contribution in [0.3, 0.4) is 0 Å². The van der Waals surface area contributed by atoms with Crippen LogP contribution in [0, 0.1) is 0 Å². The Balaban J connectivity index is 1.58. The molecule has 0 aliphatic rings. The molecule has 3 rings (SSSR count). The molecule has 2 aromatic heterocycles. The van der Waals surface area contributed by atoms with Crippen LogP contribution in [0.15, 0.2) is 48.9 Å². The SMILES string of the molecule is CCCCN(C)c1cncc(C(=O)NCCc2c[nH]c3ccccc23)c1. The Labute approximate surface area is 154 Å². The highest BCUT2D eigenvalue weighted by atomic mass is 16.1. The molecular formula is C21H26N4O. The van der Waals surface area contributed by atoms with E-state index in [4.69, 9.17) is 0 Å². The molecule has 0 spiro atoms. The number of aromatic amines is 1. The van der Waals surface area contributed by atoms with E-state index in [1.807, 2.05) is 31.4 Å². The predicted molar refractivity (Wildman–Crippen MR) is 107 cm³/mol. The minimum atomic E-state index is -0.0805. The normalized spacial score (nSPS) is 10.8. The zero-order chi connectivity index (χ0) is 18.4. The van der Waals surface area contributed by atoms with E-state index in [0.29, 0.717) is 12.1 Å². The Hall–Kier alpha value is -2.82. The van der Waals surface area contributed by atoms with Crippen LogP contribution in [0.4, 0.5) is 5.69 Å². The van der Waals surface area contributed by atoms with Crippen molar-refractivity contribution in [2.75, 3.05) is 25.0 Å². The number of fused-ring (bicyclic) bond motifs is 1. The van der Waals surface area contributed by atoms with Crippen molar-refractivity contribution in [2.24, 2.45) is 0 Å². The van der Waals surface area contributed by atoms with E-state index in [2.05, 4.69) is 39.2 Å². The molecule has 0 radical (unpaired) electrons. The third-order valence-corrected chi connectivity index (χ3v) is 4.63. The fourth-order valence-corrected chi connectivity index (χ4v) is 3.04. The highest BCUT2D eigenvalue weighted by Gasteiger charge is 2.09. The number of hydrogen-bond acceptors (Lipinski definition) is 3. The molecule has 2 N–H and O–H groups in total. The number of benzene rings is 1. The van der Waals surface area contributed by atoms with Gasteiger partial charge in [-0.3, -0.25) is 9.78 Å². The van der Waals surface area contributed by atoms with E-state index in [1.165, 1.54) is 10.9 Å². The standard InChI is InChI=1S/C21H26N4O/c1-3-4-11-25(2)18-12-17(13-22-15-18)21(26)23-10-9-16-14-24-20-8-6-5-7-19(16)20/h5-8,12-15,24H,3-4,9-11H2,1-2H3,(H,23,26). The summed E-state index contributed by atoms with van der Waals surface area (Å²) in [4.78, 5) is 22.1. The molecule has 2 heterocycles. The van der Waals surface area contributed by atoms with Crippen molar-refractivity contribution in [3.63, 3.8) is 0 Å². The minimum Gasteiger partial charge on any atom is -0.373 e. The van der Waals surface area contributed by atoms with Crippen molar-refractivity contribution in [2.45, 2.75) is 26.2 Å². The number of nitrogens with one attached hydrogen (secondary N) is 2. The van der Waals surface area contributed by atoms with Gasteiger partial charge in [-0.25, -0.2) is 0 Å². The van der Waals surface area contributed by atoms with Gasteiger partial charge in [0, 0.05) is 43.4 Å². The molecule has 1 amide bonds. The van der Waals surface area contributed by atoms with Crippen LogP contribution in [0.25, 0.3) is 10.9 Å². The van der Waals surface area contributed by atoms with Gasteiger partial charge in [0.2, 0.25) is 0 Å². The van der Waals surface area contributed by atoms with Crippen molar-refractivity contribution in [1.82, 2.24) is 15.3 Å². The molecule has 0 aliphatic heterocycles. The number of nitrogens with zero attached hydrogens (tertiary/aromatic N) is 2. The molecule has 0 saturated heterocycles. The Kier molecular flexibility index (Phi) is 5.89. The molecule has 5 nitrogen and oxygen atoms in total. The van der Waals surface area contributed by atoms with E-state index >= 15 is 0 Å². The second kappa shape index (κ2) is 8.52. The average molecular weight is 350 g/mol. The Bertz CT molecular complexity index is 871. The first-order chi connectivity index (χ1) is 12.7. The lowest BCUT2D eigenvalue weighted by Crippen LogP contribution is -2.26. The van der Waals surface area contributed by atoms with Gasteiger partial charge in [-0.05, 0) is 30.5 Å². The zero-order valence-corrected chi connectivity index (χ0v) is 15.5. The average Bonchev–Trinajstić information content (AvgIpc) is 3.09. The van der Waals surface area contributed by atoms with Crippen LogP contribution in [0.2, 0.25) is 0 Å². The van der Waals surface area contributed by atoms with Gasteiger partial charge in [-0.1, -0.05) is 31.5 Å². The monoisotopic (exact) mass is 350 g/mol. The first-order valence-corrected chi connectivity index (χ1v) is 9.18. The number of para-hydroxylation sites is 1. The number of amides is 1. The zero-order valence-electron chi connectivity index (χ0n) is 15.5. The number of carbonyl (C=O) groups is 1. The summed E-state index contributed by atoms with van der Waals surface area (Å²) in [5, 5.41) is 4.21. The lowest BCUT2D eigenvalue weighted by molar-refractivity contribution is 0.0954. The topological polar surface area (TPSA) is 61.0 Å². The fourth-order valence-electron chi connectivity index (χ4n) is 3.04. The summed E-state index contributed by atoms with van der Waals surface area (Å²) in [5.41, 5.74) is 3.92. The summed E-state index contributed by atoms with van der Waals surface area (Å²) in [7, 11) is 2.03. The van der Waals surface area contributed by atoms with Gasteiger partial charge >= 0.3 is 0 Å². The lowest BCUT2D eigenvalue weighted by atomic mass is 10.1. The Morgan fingerprint density at radius 1 is 1.27 bits per heavy atom. The van der Waals surface area contributed by atoms with Gasteiger partial charge in [0.05, 0.1) is 17.4 Å². The summed E-state index contributed by atoms with van der Waals surface area (Å²) < 4.78 is 0. The van der Waals surface area contributed by atoms with Crippen LogP contribution >= 0.6 is 0 Å². The van der Waals surface area contributed by atoms with Crippen molar-refractivity contribution >= 4 is 22.5 Å². The maximum Gasteiger partial charge on any atom is 0.252 e. The van der Waals surface area contributed by atoms with Crippen LogP contribution in [0.1, 0.15) is 35.7 Å². The van der Waals surface area contributed by atoms with Crippen molar-refractivity contribution < 1.29 is 4.79 Å². The van der Waals surface area contributed by atoms with Crippen molar-refractivity contribution in [3.8, 4) is 0 Å². The molecule has 0 bridgehead atoms. The first kappa shape index (κ1) is 18.0. The quantitative estimate of drug-likeness (QED) is 0.650. The number of pyridine rings is 1. The maximum atomic E-state index is 12.4. The summed E-state index contributed by atoms with van der Waals surface area (Å²) in [6.07, 6.45) is 8.50. The molecule has 0 fully saturated rings. The number of unbranched alkanes of at least 4 members (excludes halogenated alkanes) is 1. The molecule has 0 aliphatic carbocycles. The number of carbonyl (C=O) groups excluding carboxylic acids is 1. The molecule has 1 aromatic carbocycles. The van der Waals surface area contributed by atoms with Crippen molar-refractivity contribution in [1.29, 1.82) is 0 Å². The largest absolute Gasteiger partial charge is 0.373 e. The summed E-state index contributed by atoms with van der Waals surface area (Å²) in [5.74, 6) is -0.0805. The van der Waals surface area contributed by atoms with Crippen LogP contribution < -0.4 is 10.2 Å². The van der Waals surface area contributed by atoms with Gasteiger partial charge in [-0.15, -0.1) is 0 Å². The minimum absolute atomic E-state index is 0.0805. The van der Waals surface area contributed by atoms with E-state index in [9.17, 15) is 4.79 Å². The highest BCUT2D eigenvalue weighted by Crippen LogP contribution is 2.18. The third kappa shape index (κ3) is 4.23. The number of aromatic nitrogens is 2. The fraction of sp³-hybridized carbons (Fsp3) is 0.333. The summed E-state index contributed by atoms with van der Waals surface area (Å²) >= 11 is 0. The van der Waals surface area contributed by atoms with Crippen LogP contribution in [-0.2, 0) is 6.42 Å². The van der Waals surface area contributed by atoms with Gasteiger partial charge in [-0.2, -0.15) is 0 Å². The number of rotatable bonds is 8. The number of anilines is 1. The van der Waals surface area contributed by atoms with E-state index in [1.54, 1.807) is 12.4 Å². The van der Waals surface area contributed by atoms with Crippen LogP contribution in [-0.4, -0.2) is 36.0 Å². The number of hydrogen-bond donors (Lipinski definition) is 2. The molecule has 26 heavy (non-hydrogen) atoms. The van der Waals surface area contributed by atoms with Gasteiger partial charge in [0.15, 0.2) is 0 Å². The molecule has 0 atom stereocenters. The molecular weight excluding hydrogens is 324 g/mol. The molecule has 0 saturated carbocycles. The predicted octanol–water partition coefficient (Wildman–Crippen LogP) is 3.77. The summed E-state index contributed by atoms with van der Waals surface area (Å²) in [6, 6.07) is 10.1. The highest BCUT2D eigenvalue weighted by molar-refractivity contribution is 5.94. The Morgan fingerprint density at radius 3 is 2.96 bits per heavy atom. The smallest absolute Gasteiger partial charge is 0.252 e. The molecule has 0 unspecified atom stereocenters. The lowest BCUT2D eigenvalue weighted by Gasteiger charge is -2.19.